The minimum absolute atomic E-state index is 0.0248. The van der Waals surface area contributed by atoms with Gasteiger partial charge in [0.15, 0.2) is 0 Å². The normalized spacial score (nSPS) is 15.8. The van der Waals surface area contributed by atoms with Crippen molar-refractivity contribution in [2.45, 2.75) is 38.1 Å². The van der Waals surface area contributed by atoms with Crippen LogP contribution in [-0.4, -0.2) is 28.7 Å². The van der Waals surface area contributed by atoms with Crippen molar-refractivity contribution in [3.63, 3.8) is 0 Å². The Morgan fingerprint density at radius 2 is 1.93 bits per heavy atom. The lowest BCUT2D eigenvalue weighted by molar-refractivity contribution is -0.129. The molecular weight excluding hydrogens is 390 g/mol. The topological polar surface area (TPSA) is 111 Å². The second-order valence-corrected chi connectivity index (χ2v) is 7.74. The average molecular weight is 416 g/mol. The van der Waals surface area contributed by atoms with Crippen molar-refractivity contribution in [1.29, 1.82) is 0 Å². The number of benzene rings is 1. The highest BCUT2D eigenvalue weighted by Gasteiger charge is 2.29. The van der Waals surface area contributed by atoms with Gasteiger partial charge in [-0.25, -0.2) is 5.48 Å². The van der Waals surface area contributed by atoms with Crippen LogP contribution >= 0.6 is 11.3 Å². The molecule has 0 spiro atoms. The van der Waals surface area contributed by atoms with Crippen molar-refractivity contribution >= 4 is 28.7 Å². The van der Waals surface area contributed by atoms with Gasteiger partial charge in [0.1, 0.15) is 11.4 Å². The molecule has 1 aromatic carbocycles. The molecule has 1 aromatic heterocycles. The van der Waals surface area contributed by atoms with Crippen LogP contribution < -0.4 is 16.1 Å². The predicted octanol–water partition coefficient (Wildman–Crippen LogP) is 3.08. The van der Waals surface area contributed by atoms with Crippen LogP contribution in [0.5, 0.6) is 5.75 Å². The molecule has 154 valence electrons. The Morgan fingerprint density at radius 3 is 2.62 bits per heavy atom. The average Bonchev–Trinajstić information content (AvgIpc) is 3.40. The van der Waals surface area contributed by atoms with E-state index in [9.17, 15) is 14.7 Å². The summed E-state index contributed by atoms with van der Waals surface area (Å²) in [6, 6.07) is 9.01. The zero-order chi connectivity index (χ0) is 20.6. The molecule has 0 radical (unpaired) electrons. The third kappa shape index (κ3) is 5.58. The first-order chi connectivity index (χ1) is 14.1. The van der Waals surface area contributed by atoms with Crippen LogP contribution in [0, 0.1) is 0 Å². The first kappa shape index (κ1) is 20.9. The molecule has 3 rings (SSSR count). The molecular formula is C21H25N3O4S. The number of hydroxylamine groups is 1. The maximum Gasteiger partial charge on any atom is 0.267 e. The minimum atomic E-state index is -0.393. The smallest absolute Gasteiger partial charge is 0.267 e. The fraction of sp³-hybridized carbons (Fsp3) is 0.333. The van der Waals surface area contributed by atoms with Gasteiger partial charge >= 0.3 is 0 Å². The highest BCUT2D eigenvalue weighted by molar-refractivity contribution is 7.08. The number of hydrogen-bond acceptors (Lipinski definition) is 6. The van der Waals surface area contributed by atoms with Crippen molar-refractivity contribution in [3.8, 4) is 5.75 Å². The highest BCUT2D eigenvalue weighted by atomic mass is 32.1. The molecule has 0 fully saturated rings. The number of carbonyl (C=O) groups excluding carboxylic acids is 2. The second kappa shape index (κ2) is 10.1. The maximum atomic E-state index is 12.8. The van der Waals surface area contributed by atoms with Gasteiger partial charge in [0.2, 0.25) is 5.91 Å². The van der Waals surface area contributed by atoms with Gasteiger partial charge in [-0.05, 0) is 64.9 Å². The number of rotatable bonds is 9. The van der Waals surface area contributed by atoms with Gasteiger partial charge in [-0.2, -0.15) is 11.3 Å². The Labute approximate surface area is 173 Å². The van der Waals surface area contributed by atoms with E-state index in [2.05, 4.69) is 10.6 Å². The fourth-order valence-corrected chi connectivity index (χ4v) is 4.03. The van der Waals surface area contributed by atoms with Gasteiger partial charge in [0, 0.05) is 13.0 Å². The van der Waals surface area contributed by atoms with E-state index in [0.717, 1.165) is 29.5 Å². The summed E-state index contributed by atoms with van der Waals surface area (Å²) in [5.74, 6) is -0.317. The Morgan fingerprint density at radius 1 is 1.14 bits per heavy atom. The van der Waals surface area contributed by atoms with E-state index in [0.29, 0.717) is 25.1 Å². The van der Waals surface area contributed by atoms with E-state index in [1.165, 1.54) is 0 Å². The van der Waals surface area contributed by atoms with Crippen molar-refractivity contribution in [3.05, 3.63) is 57.9 Å². The SMILES string of the molecule is O=C(CCCCCNC(=O)C1=C(c2ccsc2)CC(c2ccc(O)cc2)N1)NO. The van der Waals surface area contributed by atoms with Gasteiger partial charge in [0.25, 0.3) is 5.91 Å². The lowest BCUT2D eigenvalue weighted by Gasteiger charge is -2.14. The zero-order valence-corrected chi connectivity index (χ0v) is 16.8. The summed E-state index contributed by atoms with van der Waals surface area (Å²) >= 11 is 1.59. The van der Waals surface area contributed by atoms with Gasteiger partial charge < -0.3 is 15.7 Å². The lowest BCUT2D eigenvalue weighted by Crippen LogP contribution is -2.31. The first-order valence-electron chi connectivity index (χ1n) is 9.61. The lowest BCUT2D eigenvalue weighted by atomic mass is 9.99. The third-order valence-corrected chi connectivity index (χ3v) is 5.59. The number of phenolic OH excluding ortho intramolecular Hbond substituents is 1. The van der Waals surface area contributed by atoms with E-state index in [4.69, 9.17) is 5.21 Å². The van der Waals surface area contributed by atoms with Crippen LogP contribution in [0.4, 0.5) is 0 Å². The Kier molecular flexibility index (Phi) is 7.26. The number of thiophene rings is 1. The monoisotopic (exact) mass is 415 g/mol. The number of phenols is 1. The molecule has 1 atom stereocenters. The number of nitrogens with one attached hydrogen (secondary N) is 3. The summed E-state index contributed by atoms with van der Waals surface area (Å²) in [4.78, 5) is 23.8. The standard InChI is InChI=1S/C21H25N3O4S/c25-16-7-5-14(6-8-16)18-12-17(15-9-11-29-13-15)20(23-18)21(27)22-10-3-1-2-4-19(26)24-28/h5-9,11,13,18,23,25,28H,1-4,10,12H2,(H,22,27)(H,24,26). The summed E-state index contributed by atoms with van der Waals surface area (Å²) in [5, 5.41) is 28.3. The quantitative estimate of drug-likeness (QED) is 0.246. The molecule has 2 aromatic rings. The van der Waals surface area contributed by atoms with Crippen LogP contribution in [0.3, 0.4) is 0 Å². The van der Waals surface area contributed by atoms with E-state index >= 15 is 0 Å². The second-order valence-electron chi connectivity index (χ2n) is 6.96. The van der Waals surface area contributed by atoms with Crippen LogP contribution in [0.1, 0.15) is 49.3 Å². The molecule has 0 bridgehead atoms. The van der Waals surface area contributed by atoms with Gasteiger partial charge in [-0.1, -0.05) is 18.6 Å². The maximum absolute atomic E-state index is 12.8. The van der Waals surface area contributed by atoms with Crippen molar-refractivity contribution in [2.24, 2.45) is 0 Å². The van der Waals surface area contributed by atoms with Crippen molar-refractivity contribution in [2.75, 3.05) is 6.54 Å². The Bertz CT molecular complexity index is 863. The van der Waals surface area contributed by atoms with E-state index < -0.39 is 5.91 Å². The van der Waals surface area contributed by atoms with Gasteiger partial charge in [-0.15, -0.1) is 0 Å². The Hall–Kier alpha value is -2.84. The molecule has 29 heavy (non-hydrogen) atoms. The summed E-state index contributed by atoms with van der Waals surface area (Å²) in [7, 11) is 0. The summed E-state index contributed by atoms with van der Waals surface area (Å²) in [6.07, 6.45) is 3.17. The number of hydrogen-bond donors (Lipinski definition) is 5. The number of amides is 2. The molecule has 1 unspecified atom stereocenters. The molecule has 2 amide bonds. The largest absolute Gasteiger partial charge is 0.508 e. The molecule has 5 N–H and O–H groups in total. The Balaban J connectivity index is 1.59. The molecule has 0 aliphatic carbocycles. The van der Waals surface area contributed by atoms with E-state index in [1.807, 2.05) is 29.0 Å². The molecule has 0 saturated heterocycles. The van der Waals surface area contributed by atoms with Gasteiger partial charge in [-0.3, -0.25) is 14.8 Å². The third-order valence-electron chi connectivity index (χ3n) is 4.91. The summed E-state index contributed by atoms with van der Waals surface area (Å²) in [6.45, 7) is 0.519. The van der Waals surface area contributed by atoms with E-state index in [1.54, 1.807) is 28.9 Å². The molecule has 1 aliphatic heterocycles. The van der Waals surface area contributed by atoms with Crippen LogP contribution in [0.15, 0.2) is 46.8 Å². The van der Waals surface area contributed by atoms with Gasteiger partial charge in [0.05, 0.1) is 6.04 Å². The zero-order valence-electron chi connectivity index (χ0n) is 16.0. The van der Waals surface area contributed by atoms with E-state index in [-0.39, 0.29) is 24.1 Å². The first-order valence-corrected chi connectivity index (χ1v) is 10.5. The van der Waals surface area contributed by atoms with Crippen LogP contribution in [0.2, 0.25) is 0 Å². The molecule has 8 heteroatoms. The van der Waals surface area contributed by atoms with Crippen LogP contribution in [-0.2, 0) is 9.59 Å². The van der Waals surface area contributed by atoms with Crippen molar-refractivity contribution in [1.82, 2.24) is 16.1 Å². The van der Waals surface area contributed by atoms with Crippen molar-refractivity contribution < 1.29 is 19.9 Å². The minimum Gasteiger partial charge on any atom is -0.508 e. The molecule has 0 saturated carbocycles. The fourth-order valence-electron chi connectivity index (χ4n) is 3.36. The van der Waals surface area contributed by atoms with Crippen LogP contribution in [0.25, 0.3) is 5.57 Å². The molecule has 7 nitrogen and oxygen atoms in total. The molecule has 2 heterocycles. The number of aromatic hydroxyl groups is 1. The summed E-state index contributed by atoms with van der Waals surface area (Å²) in [5.41, 5.74) is 5.25. The number of carbonyl (C=O) groups is 2. The number of unbranched alkanes of at least 4 members (excludes halogenated alkanes) is 2. The molecule has 1 aliphatic rings. The highest BCUT2D eigenvalue weighted by Crippen LogP contribution is 2.37. The summed E-state index contributed by atoms with van der Waals surface area (Å²) < 4.78 is 0. The predicted molar refractivity (Wildman–Crippen MR) is 111 cm³/mol.